The van der Waals surface area contributed by atoms with Gasteiger partial charge in [-0.1, -0.05) is 11.6 Å². The van der Waals surface area contributed by atoms with E-state index in [2.05, 4.69) is 10.6 Å². The topological polar surface area (TPSA) is 61.4 Å². The van der Waals surface area contributed by atoms with Crippen molar-refractivity contribution in [2.45, 2.75) is 29.0 Å². The molecule has 0 bridgehead atoms. The zero-order valence-corrected chi connectivity index (χ0v) is 13.8. The Balaban J connectivity index is 1.66. The maximum absolute atomic E-state index is 12.4. The third-order valence-corrected chi connectivity index (χ3v) is 5.61. The minimum absolute atomic E-state index is 0.0127. The lowest BCUT2D eigenvalue weighted by Crippen LogP contribution is -2.41. The third-order valence-electron chi connectivity index (χ3n) is 4.10. The molecule has 2 heterocycles. The number of carbonyl (C=O) groups excluding carboxylic acids is 2. The van der Waals surface area contributed by atoms with Crippen LogP contribution in [-0.4, -0.2) is 48.1 Å². The molecule has 1 aromatic rings. The molecule has 1 aromatic carbocycles. The molecule has 5 nitrogen and oxygen atoms in total. The first kappa shape index (κ1) is 15.6. The van der Waals surface area contributed by atoms with E-state index in [-0.39, 0.29) is 24.3 Å². The minimum atomic E-state index is -0.391. The van der Waals surface area contributed by atoms with Crippen molar-refractivity contribution in [2.24, 2.45) is 0 Å². The van der Waals surface area contributed by atoms with E-state index < -0.39 is 5.25 Å². The van der Waals surface area contributed by atoms with E-state index in [0.717, 1.165) is 30.1 Å². The van der Waals surface area contributed by atoms with Crippen LogP contribution in [0.3, 0.4) is 0 Å². The number of hydrogen-bond donors (Lipinski definition) is 2. The Morgan fingerprint density at radius 2 is 2.32 bits per heavy atom. The summed E-state index contributed by atoms with van der Waals surface area (Å²) in [6.45, 7) is 1.77. The van der Waals surface area contributed by atoms with E-state index >= 15 is 0 Å². The van der Waals surface area contributed by atoms with Crippen molar-refractivity contribution >= 4 is 40.9 Å². The van der Waals surface area contributed by atoms with E-state index in [0.29, 0.717) is 5.02 Å². The highest BCUT2D eigenvalue weighted by atomic mass is 35.5. The van der Waals surface area contributed by atoms with Crippen molar-refractivity contribution in [1.29, 1.82) is 0 Å². The Kier molecular flexibility index (Phi) is 4.61. The van der Waals surface area contributed by atoms with Gasteiger partial charge in [-0.05, 0) is 31.2 Å². The van der Waals surface area contributed by atoms with Crippen molar-refractivity contribution in [1.82, 2.24) is 10.2 Å². The number of benzene rings is 1. The second-order valence-corrected chi connectivity index (χ2v) is 7.27. The van der Waals surface area contributed by atoms with Crippen LogP contribution in [0.15, 0.2) is 23.1 Å². The summed E-state index contributed by atoms with van der Waals surface area (Å²) in [5.74, 6) is -0.121. The Bertz CT molecular complexity index is 604. The Hall–Kier alpha value is -1.24. The molecule has 2 N–H and O–H groups in total. The van der Waals surface area contributed by atoms with Crippen LogP contribution in [-0.2, 0) is 9.59 Å². The zero-order valence-electron chi connectivity index (χ0n) is 12.3. The van der Waals surface area contributed by atoms with Crippen LogP contribution in [0.2, 0.25) is 5.02 Å². The van der Waals surface area contributed by atoms with Crippen LogP contribution >= 0.6 is 23.4 Å². The first-order chi connectivity index (χ1) is 10.5. The summed E-state index contributed by atoms with van der Waals surface area (Å²) in [5.41, 5.74) is 0.722. The molecule has 0 aromatic heterocycles. The fourth-order valence-electron chi connectivity index (χ4n) is 2.73. The summed E-state index contributed by atoms with van der Waals surface area (Å²) in [5, 5.41) is 6.28. The Morgan fingerprint density at radius 1 is 1.50 bits per heavy atom. The predicted molar refractivity (Wildman–Crippen MR) is 88.4 cm³/mol. The second kappa shape index (κ2) is 6.48. The van der Waals surface area contributed by atoms with Gasteiger partial charge >= 0.3 is 0 Å². The number of carbonyl (C=O) groups is 2. The third kappa shape index (κ3) is 3.24. The molecule has 0 spiro atoms. The highest BCUT2D eigenvalue weighted by Crippen LogP contribution is 2.38. The highest BCUT2D eigenvalue weighted by Gasteiger charge is 2.32. The quantitative estimate of drug-likeness (QED) is 0.883. The molecule has 2 aliphatic rings. The van der Waals surface area contributed by atoms with Gasteiger partial charge in [0.05, 0.1) is 10.9 Å². The predicted octanol–water partition coefficient (Wildman–Crippen LogP) is 1.96. The van der Waals surface area contributed by atoms with E-state index in [1.807, 2.05) is 13.1 Å². The van der Waals surface area contributed by atoms with Crippen LogP contribution in [0.25, 0.3) is 0 Å². The molecule has 0 radical (unpaired) electrons. The molecule has 1 fully saturated rings. The monoisotopic (exact) mass is 339 g/mol. The second-order valence-electron chi connectivity index (χ2n) is 5.59. The molecule has 2 unspecified atom stereocenters. The van der Waals surface area contributed by atoms with Gasteiger partial charge in [0.25, 0.3) is 0 Å². The molecule has 0 saturated carbocycles. The van der Waals surface area contributed by atoms with Crippen LogP contribution in [0, 0.1) is 0 Å². The van der Waals surface area contributed by atoms with Crippen LogP contribution in [0.1, 0.15) is 12.8 Å². The number of rotatable bonds is 3. The van der Waals surface area contributed by atoms with E-state index in [9.17, 15) is 9.59 Å². The lowest BCUT2D eigenvalue weighted by molar-refractivity contribution is -0.133. The van der Waals surface area contributed by atoms with Gasteiger partial charge in [-0.15, -0.1) is 11.8 Å². The summed E-state index contributed by atoms with van der Waals surface area (Å²) in [6, 6.07) is 5.63. The number of nitrogens with zero attached hydrogens (tertiary/aromatic N) is 1. The summed E-state index contributed by atoms with van der Waals surface area (Å²) < 4.78 is 0. The number of nitrogens with one attached hydrogen (secondary N) is 2. The number of amides is 2. The van der Waals surface area contributed by atoms with Gasteiger partial charge < -0.3 is 15.5 Å². The van der Waals surface area contributed by atoms with Gasteiger partial charge in [0.15, 0.2) is 0 Å². The molecule has 2 atom stereocenters. The van der Waals surface area contributed by atoms with Crippen molar-refractivity contribution < 1.29 is 9.59 Å². The summed E-state index contributed by atoms with van der Waals surface area (Å²) in [7, 11) is 1.82. The Labute approximate surface area is 138 Å². The molecule has 3 rings (SSSR count). The lowest BCUT2D eigenvalue weighted by Gasteiger charge is -2.28. The van der Waals surface area contributed by atoms with Crippen LogP contribution in [0.5, 0.6) is 0 Å². The molecule has 7 heteroatoms. The smallest absolute Gasteiger partial charge is 0.238 e. The molecular weight excluding hydrogens is 322 g/mol. The van der Waals surface area contributed by atoms with Gasteiger partial charge in [0.1, 0.15) is 0 Å². The SMILES string of the molecule is CN(C(=O)CC1Sc2ccc(Cl)cc2NC1=O)C1CCNC1. The number of likely N-dealkylation sites (N-methyl/N-ethyl adjacent to an activating group) is 1. The zero-order chi connectivity index (χ0) is 15.7. The molecule has 2 aliphatic heterocycles. The van der Waals surface area contributed by atoms with Crippen molar-refractivity contribution in [2.75, 3.05) is 25.5 Å². The first-order valence-corrected chi connectivity index (χ1v) is 8.54. The van der Waals surface area contributed by atoms with Gasteiger partial charge in [-0.2, -0.15) is 0 Å². The van der Waals surface area contributed by atoms with Gasteiger partial charge in [0.2, 0.25) is 11.8 Å². The minimum Gasteiger partial charge on any atom is -0.341 e. The number of halogens is 1. The molecule has 118 valence electrons. The first-order valence-electron chi connectivity index (χ1n) is 7.28. The summed E-state index contributed by atoms with van der Waals surface area (Å²) in [6.07, 6.45) is 1.18. The van der Waals surface area contributed by atoms with Gasteiger partial charge in [-0.25, -0.2) is 0 Å². The number of thioether (sulfide) groups is 1. The van der Waals surface area contributed by atoms with E-state index in [1.54, 1.807) is 17.0 Å². The van der Waals surface area contributed by atoms with Crippen molar-refractivity contribution in [3.8, 4) is 0 Å². The fraction of sp³-hybridized carbons (Fsp3) is 0.467. The molecule has 0 aliphatic carbocycles. The number of hydrogen-bond acceptors (Lipinski definition) is 4. The lowest BCUT2D eigenvalue weighted by atomic mass is 10.2. The standard InChI is InChI=1S/C15H18ClN3O2S/c1-19(10-4-5-17-8-10)14(20)7-13-15(21)18-11-6-9(16)2-3-12(11)22-13/h2-3,6,10,13,17H,4-5,7-8H2,1H3,(H,18,21). The van der Waals surface area contributed by atoms with Crippen molar-refractivity contribution in [3.63, 3.8) is 0 Å². The molecule has 22 heavy (non-hydrogen) atoms. The summed E-state index contributed by atoms with van der Waals surface area (Å²) in [4.78, 5) is 27.3. The van der Waals surface area contributed by atoms with Gasteiger partial charge in [0, 0.05) is 36.0 Å². The van der Waals surface area contributed by atoms with Crippen LogP contribution < -0.4 is 10.6 Å². The fourth-order valence-corrected chi connectivity index (χ4v) is 3.99. The van der Waals surface area contributed by atoms with Crippen LogP contribution in [0.4, 0.5) is 5.69 Å². The Morgan fingerprint density at radius 3 is 3.05 bits per heavy atom. The van der Waals surface area contributed by atoms with Gasteiger partial charge in [-0.3, -0.25) is 9.59 Å². The molecular formula is C15H18ClN3O2S. The maximum atomic E-state index is 12.4. The largest absolute Gasteiger partial charge is 0.341 e. The maximum Gasteiger partial charge on any atom is 0.238 e. The average Bonchev–Trinajstić information content (AvgIpc) is 3.01. The normalized spacial score (nSPS) is 23.8. The number of fused-ring (bicyclic) bond motifs is 1. The van der Waals surface area contributed by atoms with Crippen molar-refractivity contribution in [3.05, 3.63) is 23.2 Å². The molecule has 2 amide bonds. The average molecular weight is 340 g/mol. The van der Waals surface area contributed by atoms with E-state index in [1.165, 1.54) is 11.8 Å². The van der Waals surface area contributed by atoms with E-state index in [4.69, 9.17) is 11.6 Å². The summed E-state index contributed by atoms with van der Waals surface area (Å²) >= 11 is 7.36. The molecule has 1 saturated heterocycles. The highest BCUT2D eigenvalue weighted by molar-refractivity contribution is 8.01. The number of anilines is 1.